The van der Waals surface area contributed by atoms with Crippen LogP contribution in [0, 0.1) is 11.6 Å². The lowest BCUT2D eigenvalue weighted by Gasteiger charge is -2.13. The fraction of sp³-hybridized carbons (Fsp3) is 0.143. The fourth-order valence-corrected chi connectivity index (χ4v) is 2.74. The van der Waals surface area contributed by atoms with Crippen molar-refractivity contribution in [2.45, 2.75) is 4.83 Å². The predicted octanol–water partition coefficient (Wildman–Crippen LogP) is 5.22. The number of halogens is 4. The van der Waals surface area contributed by atoms with Gasteiger partial charge >= 0.3 is 0 Å². The fourth-order valence-electron chi connectivity index (χ4n) is 1.73. The molecule has 1 unspecified atom stereocenters. The van der Waals surface area contributed by atoms with Crippen molar-refractivity contribution in [2.24, 2.45) is 0 Å². The Kier molecular flexibility index (Phi) is 4.58. The second-order valence-corrected chi connectivity index (χ2v) is 5.75. The monoisotopic (exact) mass is 390 g/mol. The minimum atomic E-state index is -0.472. The van der Waals surface area contributed by atoms with Crippen LogP contribution >= 0.6 is 31.9 Å². The third-order valence-corrected chi connectivity index (χ3v) is 4.21. The summed E-state index contributed by atoms with van der Waals surface area (Å²) in [5, 5.41) is 0. The Morgan fingerprint density at radius 2 is 1.79 bits per heavy atom. The molecule has 0 aliphatic carbocycles. The average Bonchev–Trinajstić information content (AvgIpc) is 2.40. The van der Waals surface area contributed by atoms with Gasteiger partial charge in [0.1, 0.15) is 5.82 Å². The molecule has 19 heavy (non-hydrogen) atoms. The molecule has 2 aromatic carbocycles. The molecule has 2 rings (SSSR count). The molecule has 0 saturated carbocycles. The molecule has 0 bridgehead atoms. The molecule has 0 saturated heterocycles. The average molecular weight is 392 g/mol. The highest BCUT2D eigenvalue weighted by molar-refractivity contribution is 9.10. The van der Waals surface area contributed by atoms with Crippen LogP contribution < -0.4 is 4.74 Å². The number of alkyl halides is 1. The van der Waals surface area contributed by atoms with E-state index in [0.29, 0.717) is 11.1 Å². The van der Waals surface area contributed by atoms with Gasteiger partial charge in [-0.3, -0.25) is 0 Å². The molecule has 0 aliphatic rings. The summed E-state index contributed by atoms with van der Waals surface area (Å²) in [7, 11) is 1.40. The van der Waals surface area contributed by atoms with Crippen molar-refractivity contribution >= 4 is 31.9 Å². The number of methoxy groups -OCH3 is 1. The van der Waals surface area contributed by atoms with Crippen molar-refractivity contribution in [2.75, 3.05) is 7.11 Å². The van der Waals surface area contributed by atoms with E-state index in [0.717, 1.165) is 4.47 Å². The zero-order chi connectivity index (χ0) is 14.0. The molecule has 0 spiro atoms. The molecule has 100 valence electrons. The van der Waals surface area contributed by atoms with Crippen molar-refractivity contribution in [1.29, 1.82) is 0 Å². The van der Waals surface area contributed by atoms with Gasteiger partial charge in [0.2, 0.25) is 0 Å². The largest absolute Gasteiger partial charge is 0.494 e. The van der Waals surface area contributed by atoms with Gasteiger partial charge < -0.3 is 4.74 Å². The molecular weight excluding hydrogens is 382 g/mol. The van der Waals surface area contributed by atoms with Gasteiger partial charge in [-0.15, -0.1) is 0 Å². The van der Waals surface area contributed by atoms with Crippen LogP contribution in [0.1, 0.15) is 16.0 Å². The first kappa shape index (κ1) is 14.5. The molecule has 0 heterocycles. The Morgan fingerprint density at radius 1 is 1.05 bits per heavy atom. The van der Waals surface area contributed by atoms with E-state index >= 15 is 0 Å². The second kappa shape index (κ2) is 6.01. The summed E-state index contributed by atoms with van der Waals surface area (Å²) in [6, 6.07) is 9.20. The Morgan fingerprint density at radius 3 is 2.42 bits per heavy atom. The lowest BCUT2D eigenvalue weighted by Crippen LogP contribution is -1.98. The van der Waals surface area contributed by atoms with Crippen molar-refractivity contribution in [3.05, 3.63) is 63.6 Å². The quantitative estimate of drug-likeness (QED) is 0.651. The Bertz CT molecular complexity index is 602. The van der Waals surface area contributed by atoms with Crippen LogP contribution in [0.2, 0.25) is 0 Å². The summed E-state index contributed by atoms with van der Waals surface area (Å²) in [6.07, 6.45) is 0. The van der Waals surface area contributed by atoms with Gasteiger partial charge in [0.05, 0.1) is 11.9 Å². The van der Waals surface area contributed by atoms with E-state index in [2.05, 4.69) is 31.9 Å². The Balaban J connectivity index is 2.41. The van der Waals surface area contributed by atoms with Gasteiger partial charge in [0, 0.05) is 10.0 Å². The zero-order valence-corrected chi connectivity index (χ0v) is 13.1. The Hall–Kier alpha value is -0.940. The van der Waals surface area contributed by atoms with Gasteiger partial charge in [-0.1, -0.05) is 37.9 Å². The van der Waals surface area contributed by atoms with Crippen LogP contribution in [0.3, 0.4) is 0 Å². The summed E-state index contributed by atoms with van der Waals surface area (Å²) in [5.74, 6) is -0.653. The lowest BCUT2D eigenvalue weighted by molar-refractivity contribution is 0.386. The standard InChI is InChI=1S/C14H10Br2F2O/c1-19-13-5-2-8(6-12(13)18)14(16)10-7-9(15)3-4-11(10)17/h2-7,14H,1H3. The van der Waals surface area contributed by atoms with Gasteiger partial charge in [-0.2, -0.15) is 0 Å². The van der Waals surface area contributed by atoms with Gasteiger partial charge in [0.15, 0.2) is 11.6 Å². The second-order valence-electron chi connectivity index (χ2n) is 3.92. The van der Waals surface area contributed by atoms with Gasteiger partial charge in [0.25, 0.3) is 0 Å². The highest BCUT2D eigenvalue weighted by Gasteiger charge is 2.17. The maximum Gasteiger partial charge on any atom is 0.165 e. The van der Waals surface area contributed by atoms with Crippen LogP contribution in [0.4, 0.5) is 8.78 Å². The summed E-state index contributed by atoms with van der Waals surface area (Å²) in [6.45, 7) is 0. The van der Waals surface area contributed by atoms with Crippen LogP contribution in [-0.2, 0) is 0 Å². The van der Waals surface area contributed by atoms with E-state index in [-0.39, 0.29) is 11.6 Å². The summed E-state index contributed by atoms with van der Waals surface area (Å²) < 4.78 is 33.1. The molecule has 1 atom stereocenters. The minimum Gasteiger partial charge on any atom is -0.494 e. The van der Waals surface area contributed by atoms with E-state index in [1.165, 1.54) is 25.3 Å². The zero-order valence-electron chi connectivity index (χ0n) is 9.96. The van der Waals surface area contributed by atoms with Crippen molar-refractivity contribution in [3.63, 3.8) is 0 Å². The van der Waals surface area contributed by atoms with E-state index < -0.39 is 10.6 Å². The number of rotatable bonds is 3. The number of hydrogen-bond acceptors (Lipinski definition) is 1. The normalized spacial score (nSPS) is 12.3. The Labute approximate surface area is 126 Å². The number of hydrogen-bond donors (Lipinski definition) is 0. The topological polar surface area (TPSA) is 9.23 Å². The maximum atomic E-state index is 13.8. The van der Waals surface area contributed by atoms with Crippen LogP contribution in [0.25, 0.3) is 0 Å². The van der Waals surface area contributed by atoms with Crippen LogP contribution in [0.5, 0.6) is 5.75 Å². The van der Waals surface area contributed by atoms with Gasteiger partial charge in [-0.05, 0) is 35.9 Å². The molecular formula is C14H10Br2F2O. The molecule has 0 aromatic heterocycles. The van der Waals surface area contributed by atoms with E-state index in [1.54, 1.807) is 18.2 Å². The van der Waals surface area contributed by atoms with E-state index in [9.17, 15) is 8.78 Å². The molecule has 0 radical (unpaired) electrons. The number of ether oxygens (including phenoxy) is 1. The molecule has 1 nitrogen and oxygen atoms in total. The maximum absolute atomic E-state index is 13.8. The highest BCUT2D eigenvalue weighted by atomic mass is 79.9. The van der Waals surface area contributed by atoms with Gasteiger partial charge in [-0.25, -0.2) is 8.78 Å². The molecule has 0 fully saturated rings. The molecule has 0 N–H and O–H groups in total. The van der Waals surface area contributed by atoms with Crippen molar-refractivity contribution in [3.8, 4) is 5.75 Å². The highest BCUT2D eigenvalue weighted by Crippen LogP contribution is 2.35. The van der Waals surface area contributed by atoms with Crippen molar-refractivity contribution < 1.29 is 13.5 Å². The molecule has 5 heteroatoms. The van der Waals surface area contributed by atoms with Crippen LogP contribution in [0.15, 0.2) is 40.9 Å². The smallest absolute Gasteiger partial charge is 0.165 e. The third-order valence-electron chi connectivity index (χ3n) is 2.70. The third kappa shape index (κ3) is 3.15. The van der Waals surface area contributed by atoms with Crippen molar-refractivity contribution in [1.82, 2.24) is 0 Å². The summed E-state index contributed by atoms with van der Waals surface area (Å²) in [5.41, 5.74) is 1.06. The SMILES string of the molecule is COc1ccc(C(Br)c2cc(Br)ccc2F)cc1F. The predicted molar refractivity (Wildman–Crippen MR) is 77.8 cm³/mol. The molecule has 0 amide bonds. The summed E-state index contributed by atoms with van der Waals surface area (Å²) in [4.78, 5) is -0.426. The molecule has 0 aliphatic heterocycles. The van der Waals surface area contributed by atoms with E-state index in [4.69, 9.17) is 4.74 Å². The lowest BCUT2D eigenvalue weighted by atomic mass is 10.0. The first-order valence-corrected chi connectivity index (χ1v) is 7.16. The number of benzene rings is 2. The summed E-state index contributed by atoms with van der Waals surface area (Å²) >= 11 is 6.68. The first-order chi connectivity index (χ1) is 9.02. The first-order valence-electron chi connectivity index (χ1n) is 5.45. The minimum absolute atomic E-state index is 0.165. The molecule has 2 aromatic rings. The van der Waals surface area contributed by atoms with Crippen LogP contribution in [-0.4, -0.2) is 7.11 Å². The van der Waals surface area contributed by atoms with E-state index in [1.807, 2.05) is 0 Å².